The number of hydrogen-bond acceptors (Lipinski definition) is 6. The number of aryl methyl sites for hydroxylation is 2. The molecule has 0 unspecified atom stereocenters. The van der Waals surface area contributed by atoms with Gasteiger partial charge in [-0.1, -0.05) is 137 Å². The lowest BCUT2D eigenvalue weighted by atomic mass is 9.99. The molecule has 0 amide bonds. The highest BCUT2D eigenvalue weighted by Gasteiger charge is 2.26. The number of furan rings is 4. The van der Waals surface area contributed by atoms with Crippen molar-refractivity contribution >= 4 is 143 Å². The van der Waals surface area contributed by atoms with E-state index in [-0.39, 0.29) is 0 Å². The van der Waals surface area contributed by atoms with E-state index >= 15 is 0 Å². The summed E-state index contributed by atoms with van der Waals surface area (Å²) in [6.45, 7) is 13.2. The minimum Gasteiger partial charge on any atom is -0.456 e. The third-order valence-electron chi connectivity index (χ3n) is 16.0. The molecule has 0 fully saturated rings. The van der Waals surface area contributed by atoms with Crippen molar-refractivity contribution in [2.24, 2.45) is 0 Å². The van der Waals surface area contributed by atoms with Gasteiger partial charge in [-0.3, -0.25) is 0 Å². The summed E-state index contributed by atoms with van der Waals surface area (Å²) in [4.78, 5) is 4.69. The Labute approximate surface area is 438 Å². The molecule has 0 atom stereocenters. The van der Waals surface area contributed by atoms with Crippen LogP contribution in [0.15, 0.2) is 212 Å². The van der Waals surface area contributed by atoms with Crippen LogP contribution in [0.2, 0.25) is 0 Å². The van der Waals surface area contributed by atoms with Gasteiger partial charge in [0.2, 0.25) is 0 Å². The SMILES string of the molecule is Cc1ccccc1N(c1ccc2cc3c(cc2c1)oc1ccc2oc4cc5cc(N(c6ccccc6C)c6cccc7c6oc6c(C(C)C)cccc67)ccc5cc4c2c13)c1cccc2c1oc1c(C(C)C)cccc12. The lowest BCUT2D eigenvalue weighted by molar-refractivity contribution is 0.657. The van der Waals surface area contributed by atoms with Crippen LogP contribution < -0.4 is 9.80 Å². The summed E-state index contributed by atoms with van der Waals surface area (Å²) in [5.74, 6) is 0.650. The van der Waals surface area contributed by atoms with Gasteiger partial charge in [-0.05, 0) is 154 Å². The second kappa shape index (κ2) is 16.6. The lowest BCUT2D eigenvalue weighted by Crippen LogP contribution is -2.11. The first-order valence-corrected chi connectivity index (χ1v) is 26.4. The Kier molecular flexibility index (Phi) is 9.68. The van der Waals surface area contributed by atoms with Gasteiger partial charge in [0.25, 0.3) is 0 Å². The first-order valence-electron chi connectivity index (χ1n) is 26.4. The zero-order chi connectivity index (χ0) is 51.1. The van der Waals surface area contributed by atoms with Crippen molar-refractivity contribution in [1.29, 1.82) is 0 Å². The van der Waals surface area contributed by atoms with Crippen LogP contribution in [0.25, 0.3) is 109 Å². The smallest absolute Gasteiger partial charge is 0.159 e. The average Bonchev–Trinajstić information content (AvgIpc) is 4.32. The van der Waals surface area contributed by atoms with Gasteiger partial charge < -0.3 is 27.5 Å². The first-order chi connectivity index (χ1) is 37.1. The van der Waals surface area contributed by atoms with Crippen molar-refractivity contribution in [2.75, 3.05) is 9.80 Å². The second-order valence-corrected chi connectivity index (χ2v) is 21.3. The number of anilines is 6. The van der Waals surface area contributed by atoms with E-state index in [4.69, 9.17) is 17.7 Å². The molecule has 0 aliphatic rings. The second-order valence-electron chi connectivity index (χ2n) is 21.3. The van der Waals surface area contributed by atoms with Crippen molar-refractivity contribution in [1.82, 2.24) is 0 Å². The Morgan fingerprint density at radius 3 is 1.12 bits per heavy atom. The molecule has 0 bridgehead atoms. The molecule has 0 aliphatic heterocycles. The Bertz CT molecular complexity index is 4580. The molecular weight excluding hydrogens is 933 g/mol. The maximum Gasteiger partial charge on any atom is 0.159 e. The Morgan fingerprint density at radius 1 is 0.303 bits per heavy atom. The third-order valence-corrected chi connectivity index (χ3v) is 16.0. The molecule has 76 heavy (non-hydrogen) atoms. The molecule has 11 aromatic carbocycles. The Balaban J connectivity index is 0.865. The Hall–Kier alpha value is -9.26. The summed E-state index contributed by atoms with van der Waals surface area (Å²) < 4.78 is 27.4. The van der Waals surface area contributed by atoms with Crippen molar-refractivity contribution in [3.63, 3.8) is 0 Å². The van der Waals surface area contributed by atoms with Crippen molar-refractivity contribution < 1.29 is 17.7 Å². The molecule has 366 valence electrons. The largest absolute Gasteiger partial charge is 0.456 e. The van der Waals surface area contributed by atoms with E-state index in [2.05, 4.69) is 245 Å². The van der Waals surface area contributed by atoms with Crippen LogP contribution in [0.1, 0.15) is 61.8 Å². The van der Waals surface area contributed by atoms with Gasteiger partial charge in [0.05, 0.1) is 11.4 Å². The molecule has 15 aromatic rings. The molecule has 0 radical (unpaired) electrons. The molecule has 0 saturated carbocycles. The number of hydrogen-bond donors (Lipinski definition) is 0. The molecule has 0 saturated heterocycles. The van der Waals surface area contributed by atoms with Crippen LogP contribution in [0.3, 0.4) is 0 Å². The highest BCUT2D eigenvalue weighted by atomic mass is 16.3. The number of rotatable bonds is 8. The third kappa shape index (κ3) is 6.59. The van der Waals surface area contributed by atoms with E-state index in [1.165, 1.54) is 11.1 Å². The summed E-state index contributed by atoms with van der Waals surface area (Å²) in [6, 6.07) is 69.7. The van der Waals surface area contributed by atoms with E-state index in [0.29, 0.717) is 11.8 Å². The van der Waals surface area contributed by atoms with Gasteiger partial charge in [0.1, 0.15) is 33.5 Å². The van der Waals surface area contributed by atoms with E-state index in [1.54, 1.807) is 0 Å². The molecule has 4 heterocycles. The molecule has 6 nitrogen and oxygen atoms in total. The van der Waals surface area contributed by atoms with Crippen molar-refractivity contribution in [3.8, 4) is 0 Å². The summed E-state index contributed by atoms with van der Waals surface area (Å²) >= 11 is 0. The molecule has 4 aromatic heterocycles. The van der Waals surface area contributed by atoms with Gasteiger partial charge >= 0.3 is 0 Å². The molecule has 6 heteroatoms. The van der Waals surface area contributed by atoms with Gasteiger partial charge in [-0.15, -0.1) is 0 Å². The highest BCUT2D eigenvalue weighted by molar-refractivity contribution is 6.28. The van der Waals surface area contributed by atoms with Crippen LogP contribution >= 0.6 is 0 Å². The fourth-order valence-corrected chi connectivity index (χ4v) is 12.2. The monoisotopic (exact) mass is 984 g/mol. The van der Waals surface area contributed by atoms with E-state index in [1.807, 2.05) is 0 Å². The van der Waals surface area contributed by atoms with Crippen molar-refractivity contribution in [3.05, 3.63) is 216 Å². The maximum atomic E-state index is 6.91. The minimum absolute atomic E-state index is 0.325. The molecule has 15 rings (SSSR count). The number of benzene rings is 11. The van der Waals surface area contributed by atoms with Crippen LogP contribution in [-0.4, -0.2) is 0 Å². The molecule has 0 aliphatic carbocycles. The van der Waals surface area contributed by atoms with Crippen LogP contribution in [0, 0.1) is 13.8 Å². The normalized spacial score (nSPS) is 12.3. The van der Waals surface area contributed by atoms with E-state index in [0.717, 1.165) is 155 Å². The standard InChI is InChI=1S/C70H52N2O4/c1-39(2)49-17-11-19-51-53-21-13-25-59(69(53)75-67(49)51)71(57-23-9-7-15-41(57)5)47-29-27-43-35-55-63(37-45(43)33-47)73-61-31-32-62-66(65(55)61)56-36-44-28-30-48(34-46(44)38-64(56)74-62)72(58-24-10-8-16-42(58)6)60-26-14-22-54-52-20-12-18-50(40(3)4)68(52)76-70(54)60/h7-40H,1-6H3. The predicted octanol–water partition coefficient (Wildman–Crippen LogP) is 21.4. The Morgan fingerprint density at radius 2 is 0.697 bits per heavy atom. The number of para-hydroxylation sites is 6. The summed E-state index contributed by atoms with van der Waals surface area (Å²) in [5, 5.41) is 13.1. The molecular formula is C70H52N2O4. The zero-order valence-corrected chi connectivity index (χ0v) is 43.2. The molecule has 0 spiro atoms. The van der Waals surface area contributed by atoms with Gasteiger partial charge in [-0.2, -0.15) is 0 Å². The maximum absolute atomic E-state index is 6.91. The van der Waals surface area contributed by atoms with Crippen LogP contribution in [-0.2, 0) is 0 Å². The van der Waals surface area contributed by atoms with Crippen LogP contribution in [0.5, 0.6) is 0 Å². The predicted molar refractivity (Wildman–Crippen MR) is 318 cm³/mol. The topological polar surface area (TPSA) is 59.0 Å². The fraction of sp³-hybridized carbons (Fsp3) is 0.114. The lowest BCUT2D eigenvalue weighted by Gasteiger charge is -2.27. The number of fused-ring (bicyclic) bond motifs is 15. The van der Waals surface area contributed by atoms with Gasteiger partial charge in [0, 0.05) is 65.8 Å². The van der Waals surface area contributed by atoms with E-state index < -0.39 is 0 Å². The summed E-state index contributed by atoms with van der Waals surface area (Å²) in [5.41, 5.74) is 17.9. The molecule has 0 N–H and O–H groups in total. The quantitative estimate of drug-likeness (QED) is 0.151. The minimum atomic E-state index is 0.325. The first kappa shape index (κ1) is 44.2. The summed E-state index contributed by atoms with van der Waals surface area (Å²) in [6.07, 6.45) is 0. The van der Waals surface area contributed by atoms with Crippen LogP contribution in [0.4, 0.5) is 34.1 Å². The zero-order valence-electron chi connectivity index (χ0n) is 43.2. The van der Waals surface area contributed by atoms with Gasteiger partial charge in [-0.25, -0.2) is 0 Å². The van der Waals surface area contributed by atoms with Gasteiger partial charge in [0.15, 0.2) is 11.2 Å². The van der Waals surface area contributed by atoms with E-state index in [9.17, 15) is 0 Å². The fourth-order valence-electron chi connectivity index (χ4n) is 12.2. The number of nitrogens with zero attached hydrogens (tertiary/aromatic N) is 2. The summed E-state index contributed by atoms with van der Waals surface area (Å²) in [7, 11) is 0. The highest BCUT2D eigenvalue weighted by Crippen LogP contribution is 2.49. The average molecular weight is 985 g/mol. The van der Waals surface area contributed by atoms with Crippen molar-refractivity contribution in [2.45, 2.75) is 53.4 Å².